The van der Waals surface area contributed by atoms with Gasteiger partial charge in [0.05, 0.1) is 0 Å². The minimum Gasteiger partial charge on any atom is -0.368 e. The van der Waals surface area contributed by atoms with E-state index >= 15 is 0 Å². The first-order chi connectivity index (χ1) is 6.75. The molecule has 0 aromatic carbocycles. The first-order valence-corrected chi connectivity index (χ1v) is 5.98. The van der Waals surface area contributed by atoms with Crippen LogP contribution in [0, 0.1) is 5.92 Å². The van der Waals surface area contributed by atoms with Gasteiger partial charge in [-0.15, -0.1) is 5.10 Å². The van der Waals surface area contributed by atoms with Crippen LogP contribution in [0.25, 0.3) is 0 Å². The maximum atomic E-state index is 5.47. The number of rotatable bonds is 3. The van der Waals surface area contributed by atoms with E-state index in [4.69, 9.17) is 5.73 Å². The summed E-state index contributed by atoms with van der Waals surface area (Å²) in [6, 6.07) is 0. The summed E-state index contributed by atoms with van der Waals surface area (Å²) in [5, 5.41) is 8.07. The molecule has 1 unspecified atom stereocenters. The Labute approximate surface area is 88.1 Å². The third-order valence-corrected chi connectivity index (χ3v) is 3.99. The molecule has 2 rings (SSSR count). The Morgan fingerprint density at radius 2 is 2.21 bits per heavy atom. The Balaban J connectivity index is 1.90. The molecule has 4 nitrogen and oxygen atoms in total. The zero-order valence-electron chi connectivity index (χ0n) is 8.36. The van der Waals surface area contributed by atoms with Gasteiger partial charge in [0.2, 0.25) is 11.1 Å². The minimum absolute atomic E-state index is 0.408. The number of hydrogen-bond donors (Lipinski definition) is 2. The standard InChI is InChI=1S/C9H16N4S/c1-6(7-4-2-3-5-7)14-9-11-8(10)12-13-9/h6-7H,2-5H2,1H3,(H3,10,11,12,13). The highest BCUT2D eigenvalue weighted by molar-refractivity contribution is 7.99. The Morgan fingerprint density at radius 3 is 2.79 bits per heavy atom. The van der Waals surface area contributed by atoms with Crippen LogP contribution < -0.4 is 5.73 Å². The zero-order chi connectivity index (χ0) is 9.97. The number of hydrogen-bond acceptors (Lipinski definition) is 4. The van der Waals surface area contributed by atoms with Crippen LogP contribution in [-0.4, -0.2) is 20.4 Å². The molecule has 0 aliphatic heterocycles. The summed E-state index contributed by atoms with van der Waals surface area (Å²) in [5.74, 6) is 1.24. The van der Waals surface area contributed by atoms with E-state index in [0.717, 1.165) is 11.1 Å². The molecule has 5 heteroatoms. The molecule has 78 valence electrons. The Bertz CT molecular complexity index is 293. The van der Waals surface area contributed by atoms with Crippen molar-refractivity contribution < 1.29 is 0 Å². The van der Waals surface area contributed by atoms with Crippen LogP contribution in [0.5, 0.6) is 0 Å². The molecule has 1 aromatic heterocycles. The van der Waals surface area contributed by atoms with Gasteiger partial charge >= 0.3 is 0 Å². The average molecular weight is 212 g/mol. The normalized spacial score (nSPS) is 20.1. The lowest BCUT2D eigenvalue weighted by molar-refractivity contribution is 0.543. The van der Waals surface area contributed by atoms with E-state index in [0.29, 0.717) is 11.2 Å². The molecule has 14 heavy (non-hydrogen) atoms. The highest BCUT2D eigenvalue weighted by Crippen LogP contribution is 2.35. The summed E-state index contributed by atoms with van der Waals surface area (Å²) in [6.45, 7) is 2.26. The fourth-order valence-corrected chi connectivity index (χ4v) is 3.05. The monoisotopic (exact) mass is 212 g/mol. The van der Waals surface area contributed by atoms with Crippen molar-refractivity contribution in [3.05, 3.63) is 0 Å². The maximum Gasteiger partial charge on any atom is 0.216 e. The topological polar surface area (TPSA) is 67.6 Å². The van der Waals surface area contributed by atoms with Crippen molar-refractivity contribution in [2.24, 2.45) is 5.92 Å². The maximum absolute atomic E-state index is 5.47. The van der Waals surface area contributed by atoms with E-state index in [9.17, 15) is 0 Å². The van der Waals surface area contributed by atoms with E-state index in [1.165, 1.54) is 25.7 Å². The zero-order valence-corrected chi connectivity index (χ0v) is 9.18. The van der Waals surface area contributed by atoms with Crippen molar-refractivity contribution in [2.75, 3.05) is 5.73 Å². The van der Waals surface area contributed by atoms with Crippen molar-refractivity contribution in [1.82, 2.24) is 15.2 Å². The van der Waals surface area contributed by atoms with E-state index in [1.807, 2.05) is 0 Å². The largest absolute Gasteiger partial charge is 0.368 e. The molecule has 1 fully saturated rings. The van der Waals surface area contributed by atoms with Crippen LogP contribution in [0.3, 0.4) is 0 Å². The lowest BCUT2D eigenvalue weighted by Gasteiger charge is -2.15. The number of nitrogens with two attached hydrogens (primary N) is 1. The number of nitrogens with zero attached hydrogens (tertiary/aromatic N) is 2. The molecule has 1 heterocycles. The molecule has 1 saturated carbocycles. The predicted octanol–water partition coefficient (Wildman–Crippen LogP) is 2.06. The number of aromatic amines is 1. The van der Waals surface area contributed by atoms with Gasteiger partial charge in [0.1, 0.15) is 0 Å². The summed E-state index contributed by atoms with van der Waals surface area (Å²) < 4.78 is 0. The molecular formula is C9H16N4S. The van der Waals surface area contributed by atoms with Crippen LogP contribution in [0.4, 0.5) is 5.95 Å². The van der Waals surface area contributed by atoms with E-state index in [1.54, 1.807) is 11.8 Å². The SMILES string of the molecule is CC(Sc1n[nH]c(N)n1)C1CCCC1. The molecule has 1 aromatic rings. The second-order valence-corrected chi connectivity index (χ2v) is 5.22. The number of aromatic nitrogens is 3. The number of nitrogen functional groups attached to an aromatic ring is 1. The van der Waals surface area contributed by atoms with Gasteiger partial charge in [-0.2, -0.15) is 4.98 Å². The highest BCUT2D eigenvalue weighted by atomic mass is 32.2. The molecule has 0 spiro atoms. The van der Waals surface area contributed by atoms with E-state index < -0.39 is 0 Å². The number of nitrogens with one attached hydrogen (secondary N) is 1. The highest BCUT2D eigenvalue weighted by Gasteiger charge is 2.23. The molecule has 1 atom stereocenters. The van der Waals surface area contributed by atoms with Gasteiger partial charge in [-0.05, 0) is 18.8 Å². The molecule has 1 aliphatic rings. The second kappa shape index (κ2) is 4.21. The Kier molecular flexibility index (Phi) is 2.96. The number of H-pyrrole nitrogens is 1. The van der Waals surface area contributed by atoms with E-state index in [2.05, 4.69) is 22.1 Å². The van der Waals surface area contributed by atoms with Crippen molar-refractivity contribution in [3.63, 3.8) is 0 Å². The fraction of sp³-hybridized carbons (Fsp3) is 0.778. The molecule has 1 aliphatic carbocycles. The third-order valence-electron chi connectivity index (χ3n) is 2.84. The fourth-order valence-electron chi connectivity index (χ4n) is 2.00. The van der Waals surface area contributed by atoms with Gasteiger partial charge in [0, 0.05) is 5.25 Å². The summed E-state index contributed by atoms with van der Waals surface area (Å²) in [7, 11) is 0. The second-order valence-electron chi connectivity index (χ2n) is 3.87. The summed E-state index contributed by atoms with van der Waals surface area (Å²) in [5.41, 5.74) is 5.47. The number of anilines is 1. The average Bonchev–Trinajstić information content (AvgIpc) is 2.75. The van der Waals surface area contributed by atoms with Crippen LogP contribution in [-0.2, 0) is 0 Å². The van der Waals surface area contributed by atoms with Crippen LogP contribution in [0.1, 0.15) is 32.6 Å². The molecule has 0 amide bonds. The third kappa shape index (κ3) is 2.20. The van der Waals surface area contributed by atoms with Crippen molar-refractivity contribution in [1.29, 1.82) is 0 Å². The summed E-state index contributed by atoms with van der Waals surface area (Å²) in [6.07, 6.45) is 5.47. The van der Waals surface area contributed by atoms with Gasteiger partial charge < -0.3 is 5.73 Å². The molecule has 0 saturated heterocycles. The van der Waals surface area contributed by atoms with Crippen molar-refractivity contribution in [3.8, 4) is 0 Å². The first kappa shape index (κ1) is 9.83. The Hall–Kier alpha value is -0.710. The van der Waals surface area contributed by atoms with Crippen molar-refractivity contribution in [2.45, 2.75) is 43.0 Å². The summed E-state index contributed by atoms with van der Waals surface area (Å²) in [4.78, 5) is 4.10. The lowest BCUT2D eigenvalue weighted by Crippen LogP contribution is -2.09. The molecular weight excluding hydrogens is 196 g/mol. The Morgan fingerprint density at radius 1 is 1.50 bits per heavy atom. The van der Waals surface area contributed by atoms with Crippen LogP contribution in [0.2, 0.25) is 0 Å². The first-order valence-electron chi connectivity index (χ1n) is 5.10. The van der Waals surface area contributed by atoms with E-state index in [-0.39, 0.29) is 0 Å². The predicted molar refractivity (Wildman–Crippen MR) is 58.1 cm³/mol. The smallest absolute Gasteiger partial charge is 0.216 e. The van der Waals surface area contributed by atoms with Gasteiger partial charge in [0.25, 0.3) is 0 Å². The van der Waals surface area contributed by atoms with Gasteiger partial charge in [0.15, 0.2) is 0 Å². The molecule has 3 N–H and O–H groups in total. The lowest BCUT2D eigenvalue weighted by atomic mass is 10.1. The quantitative estimate of drug-likeness (QED) is 0.752. The number of thioether (sulfide) groups is 1. The summed E-state index contributed by atoms with van der Waals surface area (Å²) >= 11 is 1.73. The van der Waals surface area contributed by atoms with Crippen LogP contribution in [0.15, 0.2) is 5.16 Å². The minimum atomic E-state index is 0.408. The van der Waals surface area contributed by atoms with Gasteiger partial charge in [-0.25, -0.2) is 5.10 Å². The van der Waals surface area contributed by atoms with Gasteiger partial charge in [-0.1, -0.05) is 31.5 Å². The molecule has 0 bridgehead atoms. The van der Waals surface area contributed by atoms with Crippen LogP contribution >= 0.6 is 11.8 Å². The van der Waals surface area contributed by atoms with Crippen molar-refractivity contribution >= 4 is 17.7 Å². The van der Waals surface area contributed by atoms with Gasteiger partial charge in [-0.3, -0.25) is 0 Å². The molecule has 0 radical (unpaired) electrons.